The maximum Gasteiger partial charge on any atom is 0.263 e. The molecule has 61 heavy (non-hydrogen) atoms. The van der Waals surface area contributed by atoms with Crippen LogP contribution in [-0.2, 0) is 0 Å². The van der Waals surface area contributed by atoms with Gasteiger partial charge in [0.05, 0.1) is 11.4 Å². The average molecular weight is 1280 g/mol. The zero-order valence-corrected chi connectivity index (χ0v) is 45.3. The maximum atomic E-state index is 6.28. The molecule has 2 aromatic carbocycles. The number of hydrogen-bond acceptors (Lipinski definition) is 10. The van der Waals surface area contributed by atoms with Gasteiger partial charge in [-0.3, -0.25) is 9.80 Å². The van der Waals surface area contributed by atoms with Gasteiger partial charge in [0, 0.05) is 78.9 Å². The zero-order chi connectivity index (χ0) is 39.5. The van der Waals surface area contributed by atoms with E-state index < -0.39 is 0 Å². The smallest absolute Gasteiger partial charge is 0.263 e. The molecule has 0 aliphatic carbocycles. The Balaban J connectivity index is 0.00000205. The summed E-state index contributed by atoms with van der Waals surface area (Å²) < 4.78 is 12.6. The van der Waals surface area contributed by atoms with Crippen LogP contribution in [0.5, 0.6) is 0 Å². The van der Waals surface area contributed by atoms with Crippen LogP contribution in [0.1, 0.15) is 80.8 Å². The number of benzene rings is 2. The molecule has 0 radical (unpaired) electrons. The lowest BCUT2D eigenvalue weighted by Gasteiger charge is -2.34. The number of halogens is 4. The number of rotatable bonds is 14. The second kappa shape index (κ2) is 23.1. The molecule has 4 aromatic rings. The van der Waals surface area contributed by atoms with Crippen LogP contribution in [0, 0.1) is 0 Å². The van der Waals surface area contributed by atoms with Gasteiger partial charge in [0.2, 0.25) is 0 Å². The van der Waals surface area contributed by atoms with Crippen molar-refractivity contribution in [2.45, 2.75) is 69.6 Å². The molecule has 0 N–H and O–H groups in total. The molecule has 4 aliphatic rings. The minimum atomic E-state index is 0. The molecule has 2 atom stereocenters. The van der Waals surface area contributed by atoms with Gasteiger partial charge in [-0.05, 0) is 60.4 Å². The van der Waals surface area contributed by atoms with Crippen molar-refractivity contribution in [1.82, 2.24) is 19.8 Å². The maximum absolute atomic E-state index is 6.28. The third-order valence-electron chi connectivity index (χ3n) is 11.4. The first-order valence-corrected chi connectivity index (χ1v) is 20.5. The Morgan fingerprint density at radius 1 is 0.541 bits per heavy atom. The van der Waals surface area contributed by atoms with E-state index in [4.69, 9.17) is 18.8 Å². The Labute approximate surface area is 429 Å². The molecule has 6 heterocycles. The fourth-order valence-electron chi connectivity index (χ4n) is 8.52. The topological polar surface area (TPSA) is 71.5 Å². The van der Waals surface area contributed by atoms with Crippen LogP contribution in [0.4, 0.5) is 23.0 Å². The highest BCUT2D eigenvalue weighted by molar-refractivity contribution is 14.0. The summed E-state index contributed by atoms with van der Waals surface area (Å²) in [6.45, 7) is 0. The zero-order valence-electron chi connectivity index (χ0n) is 35.9. The fraction of sp³-hybridized carbons (Fsp3) is 0.362. The van der Waals surface area contributed by atoms with E-state index in [9.17, 15) is 0 Å². The lowest BCUT2D eigenvalue weighted by molar-refractivity contribution is 0.461. The summed E-state index contributed by atoms with van der Waals surface area (Å²) in [7, 11) is 12.2. The van der Waals surface area contributed by atoms with Crippen LogP contribution in [0.25, 0.3) is 23.8 Å². The number of oxazole rings is 2. The molecule has 14 heteroatoms. The third-order valence-corrected chi connectivity index (χ3v) is 11.4. The first kappa shape index (κ1) is 50.7. The largest absolute Gasteiger partial charge is 0.432 e. The van der Waals surface area contributed by atoms with Gasteiger partial charge in [-0.1, -0.05) is 93.5 Å². The molecule has 0 amide bonds. The van der Waals surface area contributed by atoms with Gasteiger partial charge in [0.15, 0.2) is 34.1 Å². The van der Waals surface area contributed by atoms with Crippen molar-refractivity contribution in [1.29, 1.82) is 0 Å². The average Bonchev–Trinajstić information content (AvgIpc) is 3.84. The van der Waals surface area contributed by atoms with Crippen LogP contribution < -0.4 is 41.5 Å². The molecular weight excluding hydrogens is 1220 g/mol. The standard InChI is InChI=1S/C47H56N8O2.4HI/c1-50(2)46(44-48-42-40(56-44)26-18-30-52(42)5)54-32-28-34(36-22-14-16-24-38(36)54)20-12-10-8-7-9-11-13-21-35-29-33-55(39-25-17-15-23-37(35)39)47(51(3)4)45-49-43-41(57-45)27-19-31-53(43)6;;;;/h14-19,22-35H,7-13,20-21H2,1-6H3;4*1H. The second-order valence-corrected chi connectivity index (χ2v) is 15.9. The van der Waals surface area contributed by atoms with Crippen LogP contribution in [0.3, 0.4) is 0 Å². The number of para-hydroxylation sites is 2. The van der Waals surface area contributed by atoms with Gasteiger partial charge in [-0.15, -0.1) is 95.9 Å². The van der Waals surface area contributed by atoms with Crippen molar-refractivity contribution in [3.63, 3.8) is 0 Å². The van der Waals surface area contributed by atoms with Gasteiger partial charge in [0.25, 0.3) is 11.1 Å². The molecule has 4 aliphatic heterocycles. The number of unbranched alkanes of at least 4 members (excludes halogenated alkanes) is 6. The van der Waals surface area contributed by atoms with Crippen molar-refractivity contribution in [2.24, 2.45) is 0 Å². The van der Waals surface area contributed by atoms with E-state index in [2.05, 4.69) is 121 Å². The van der Waals surface area contributed by atoms with Crippen molar-refractivity contribution in [2.75, 3.05) is 61.9 Å². The molecule has 10 nitrogen and oxygen atoms in total. The van der Waals surface area contributed by atoms with Crippen molar-refractivity contribution in [3.8, 4) is 0 Å². The molecule has 2 aromatic heterocycles. The molecule has 2 unspecified atom stereocenters. The fourth-order valence-corrected chi connectivity index (χ4v) is 8.52. The summed E-state index contributed by atoms with van der Waals surface area (Å²) in [6.07, 6.45) is 32.2. The van der Waals surface area contributed by atoms with Gasteiger partial charge in [-0.2, -0.15) is 9.97 Å². The molecule has 0 bridgehead atoms. The molecule has 328 valence electrons. The number of fused-ring (bicyclic) bond motifs is 4. The molecule has 8 rings (SSSR count). The van der Waals surface area contributed by atoms with Crippen LogP contribution >= 0.6 is 95.9 Å². The summed E-state index contributed by atoms with van der Waals surface area (Å²) >= 11 is 0. The predicted octanol–water partition coefficient (Wildman–Crippen LogP) is 9.32. The van der Waals surface area contributed by atoms with E-state index in [-0.39, 0.29) is 95.9 Å². The molecule has 0 saturated carbocycles. The van der Waals surface area contributed by atoms with Crippen molar-refractivity contribution in [3.05, 3.63) is 131 Å². The first-order valence-electron chi connectivity index (χ1n) is 20.5. The number of anilines is 4. The summed E-state index contributed by atoms with van der Waals surface area (Å²) in [5, 5.41) is 0. The lowest BCUT2D eigenvalue weighted by atomic mass is 9.88. The SMILES string of the molecule is CN(C)C(=c1nc2c(o1)=CC=CN2C)N1C=CC(CCCCCCCCCC2C=CN(C(=c3nc4c(o3)=CC=CN4C)N(C)C)c3ccccc32)c2ccccc21.I.I.I.I. The minimum absolute atomic E-state index is 0. The minimum Gasteiger partial charge on any atom is -0.432 e. The van der Waals surface area contributed by atoms with E-state index >= 15 is 0 Å². The number of hydrogen-bond donors (Lipinski definition) is 0. The summed E-state index contributed by atoms with van der Waals surface area (Å²) in [5.41, 5.74) is 7.89. The van der Waals surface area contributed by atoms with Crippen molar-refractivity contribution >= 4 is 143 Å². The number of allylic oxidation sites excluding steroid dienone is 4. The predicted molar refractivity (Wildman–Crippen MR) is 295 cm³/mol. The van der Waals surface area contributed by atoms with Crippen LogP contribution in [0.15, 0.2) is 106 Å². The first-order chi connectivity index (χ1) is 27.8. The molecule has 0 fully saturated rings. The third kappa shape index (κ3) is 11.0. The Morgan fingerprint density at radius 2 is 0.918 bits per heavy atom. The Hall–Kier alpha value is -2.98. The van der Waals surface area contributed by atoms with Crippen molar-refractivity contribution < 1.29 is 8.83 Å². The van der Waals surface area contributed by atoms with Gasteiger partial charge >= 0.3 is 0 Å². The highest BCUT2D eigenvalue weighted by atomic mass is 127. The summed E-state index contributed by atoms with van der Waals surface area (Å²) in [6, 6.07) is 17.6. The highest BCUT2D eigenvalue weighted by Crippen LogP contribution is 2.40. The highest BCUT2D eigenvalue weighted by Gasteiger charge is 2.28. The second-order valence-electron chi connectivity index (χ2n) is 15.9. The normalized spacial score (nSPS) is 17.5. The van der Waals surface area contributed by atoms with Gasteiger partial charge in [0.1, 0.15) is 0 Å². The summed E-state index contributed by atoms with van der Waals surface area (Å²) in [5.74, 6) is 4.30. The lowest BCUT2D eigenvalue weighted by Crippen LogP contribution is -2.34. The van der Waals surface area contributed by atoms with E-state index in [1.165, 1.54) is 67.4 Å². The Kier molecular flexibility index (Phi) is 19.2. The summed E-state index contributed by atoms with van der Waals surface area (Å²) in [4.78, 5) is 22.4. The van der Waals surface area contributed by atoms with Gasteiger partial charge < -0.3 is 28.4 Å². The van der Waals surface area contributed by atoms with Crippen LogP contribution in [-0.4, -0.2) is 62.1 Å². The van der Waals surface area contributed by atoms with E-state index in [1.807, 2.05) is 60.6 Å². The quantitative estimate of drug-likeness (QED) is 0.0902. The van der Waals surface area contributed by atoms with E-state index in [1.54, 1.807) is 0 Å². The monoisotopic (exact) mass is 1280 g/mol. The molecular formula is C47H60I4N8O2. The Morgan fingerprint density at radius 3 is 1.30 bits per heavy atom. The van der Waals surface area contributed by atoms with Crippen LogP contribution in [0.2, 0.25) is 0 Å². The molecule has 0 saturated heterocycles. The van der Waals surface area contributed by atoms with E-state index in [0.29, 0.717) is 22.9 Å². The number of aromatic nitrogens is 2. The van der Waals surface area contributed by atoms with E-state index in [0.717, 1.165) is 47.0 Å². The number of nitrogens with zero attached hydrogens (tertiary/aromatic N) is 8. The molecule has 0 spiro atoms. The Bertz CT molecular complexity index is 2300. The van der Waals surface area contributed by atoms with Gasteiger partial charge in [-0.25, -0.2) is 0 Å².